The molecule has 0 radical (unpaired) electrons. The van der Waals surface area contributed by atoms with Gasteiger partial charge in [-0.05, 0) is 32.1 Å². The summed E-state index contributed by atoms with van der Waals surface area (Å²) in [5.41, 5.74) is -0.358. The SMILES string of the molecule is CO[C@H]1O[C@]2(C)CC[C@H]3CCCCC31OO2. The van der Waals surface area contributed by atoms with Crippen LogP contribution in [0.15, 0.2) is 0 Å². The van der Waals surface area contributed by atoms with E-state index in [9.17, 15) is 0 Å². The van der Waals surface area contributed by atoms with E-state index in [1.807, 2.05) is 6.92 Å². The molecule has 16 heavy (non-hydrogen) atoms. The Kier molecular flexibility index (Phi) is 2.51. The Hall–Kier alpha value is -0.160. The van der Waals surface area contributed by atoms with Crippen LogP contribution in [0.2, 0.25) is 0 Å². The summed E-state index contributed by atoms with van der Waals surface area (Å²) in [4.78, 5) is 11.2. The Labute approximate surface area is 96.1 Å². The topological polar surface area (TPSA) is 36.9 Å². The van der Waals surface area contributed by atoms with Crippen LogP contribution in [-0.4, -0.2) is 24.8 Å². The zero-order valence-electron chi connectivity index (χ0n) is 10.0. The van der Waals surface area contributed by atoms with Gasteiger partial charge in [0.1, 0.15) is 0 Å². The summed E-state index contributed by atoms with van der Waals surface area (Å²) in [5, 5.41) is 0. The lowest BCUT2D eigenvalue weighted by Crippen LogP contribution is -2.59. The van der Waals surface area contributed by atoms with Gasteiger partial charge in [0.15, 0.2) is 11.9 Å². The van der Waals surface area contributed by atoms with Crippen molar-refractivity contribution in [1.29, 1.82) is 0 Å². The van der Waals surface area contributed by atoms with E-state index >= 15 is 0 Å². The van der Waals surface area contributed by atoms with Gasteiger partial charge in [-0.15, -0.1) is 0 Å². The number of fused-ring (bicyclic) bond motifs is 3. The standard InChI is InChI=1S/C12H20O4/c1-11-8-6-9-5-3-4-7-12(9,16-15-11)10(13-2)14-11/h9-10H,3-8H2,1-2H3/t9-,10+,11+,12?/m1/s1. The molecule has 0 aromatic rings. The second-order valence-corrected chi connectivity index (χ2v) is 5.42. The normalized spacial score (nSPS) is 52.1. The van der Waals surface area contributed by atoms with Crippen molar-refractivity contribution in [2.24, 2.45) is 5.92 Å². The van der Waals surface area contributed by atoms with Gasteiger partial charge in [0.2, 0.25) is 5.79 Å². The van der Waals surface area contributed by atoms with Crippen LogP contribution in [0.5, 0.6) is 0 Å². The molecule has 1 saturated carbocycles. The minimum atomic E-state index is -0.622. The van der Waals surface area contributed by atoms with Crippen molar-refractivity contribution >= 4 is 0 Å². The second kappa shape index (κ2) is 3.67. The van der Waals surface area contributed by atoms with Crippen LogP contribution in [0.25, 0.3) is 0 Å². The first-order chi connectivity index (χ1) is 7.69. The van der Waals surface area contributed by atoms with Crippen molar-refractivity contribution in [3.05, 3.63) is 0 Å². The Morgan fingerprint density at radius 1 is 1.12 bits per heavy atom. The first-order valence-electron chi connectivity index (χ1n) is 6.26. The quantitative estimate of drug-likeness (QED) is 0.646. The molecule has 3 aliphatic heterocycles. The van der Waals surface area contributed by atoms with Crippen molar-refractivity contribution in [2.75, 3.05) is 7.11 Å². The number of hydrogen-bond donors (Lipinski definition) is 0. The van der Waals surface area contributed by atoms with Crippen LogP contribution in [0, 0.1) is 5.92 Å². The first kappa shape index (κ1) is 11.0. The number of methoxy groups -OCH3 is 1. The molecule has 3 saturated heterocycles. The van der Waals surface area contributed by atoms with E-state index in [0.29, 0.717) is 5.92 Å². The molecule has 2 bridgehead atoms. The van der Waals surface area contributed by atoms with Gasteiger partial charge in [0, 0.05) is 13.5 Å². The average molecular weight is 228 g/mol. The van der Waals surface area contributed by atoms with Gasteiger partial charge in [-0.2, -0.15) is 0 Å². The van der Waals surface area contributed by atoms with Gasteiger partial charge >= 0.3 is 0 Å². The molecule has 4 fully saturated rings. The number of ether oxygens (including phenoxy) is 2. The second-order valence-electron chi connectivity index (χ2n) is 5.42. The van der Waals surface area contributed by atoms with Crippen molar-refractivity contribution < 1.29 is 19.2 Å². The van der Waals surface area contributed by atoms with Gasteiger partial charge in [0.25, 0.3) is 0 Å². The highest BCUT2D eigenvalue weighted by Gasteiger charge is 2.59. The predicted molar refractivity (Wildman–Crippen MR) is 56.4 cm³/mol. The lowest BCUT2D eigenvalue weighted by molar-refractivity contribution is -0.547. The molecule has 3 heterocycles. The minimum Gasteiger partial charge on any atom is -0.353 e. The van der Waals surface area contributed by atoms with Crippen LogP contribution in [-0.2, 0) is 19.2 Å². The van der Waals surface area contributed by atoms with Crippen molar-refractivity contribution in [3.8, 4) is 0 Å². The molecule has 4 rings (SSSR count). The summed E-state index contributed by atoms with van der Waals surface area (Å²) in [6.07, 6.45) is 6.34. The third-order valence-corrected chi connectivity index (χ3v) is 4.35. The Morgan fingerprint density at radius 3 is 2.81 bits per heavy atom. The Morgan fingerprint density at radius 2 is 2.00 bits per heavy atom. The molecule has 0 aromatic carbocycles. The maximum Gasteiger partial charge on any atom is 0.201 e. The molecule has 1 aliphatic carbocycles. The molecular formula is C12H20O4. The molecule has 4 nitrogen and oxygen atoms in total. The summed E-state index contributed by atoms with van der Waals surface area (Å²) in [6.45, 7) is 1.93. The Bertz CT molecular complexity index is 278. The minimum absolute atomic E-state index is 0.279. The third-order valence-electron chi connectivity index (χ3n) is 4.35. The van der Waals surface area contributed by atoms with Crippen molar-refractivity contribution in [2.45, 2.75) is 63.1 Å². The fraction of sp³-hybridized carbons (Fsp3) is 1.00. The number of hydrogen-bond acceptors (Lipinski definition) is 4. The molecule has 92 valence electrons. The summed E-state index contributed by atoms with van der Waals surface area (Å²) in [6, 6.07) is 0. The van der Waals surface area contributed by atoms with Gasteiger partial charge in [-0.1, -0.05) is 12.8 Å². The predicted octanol–water partition coefficient (Wildman–Crippen LogP) is 2.38. The van der Waals surface area contributed by atoms with E-state index < -0.39 is 5.79 Å². The fourth-order valence-electron chi connectivity index (χ4n) is 3.38. The zero-order chi connectivity index (χ0) is 11.2. The van der Waals surface area contributed by atoms with Crippen LogP contribution < -0.4 is 0 Å². The summed E-state index contributed by atoms with van der Waals surface area (Å²) >= 11 is 0. The molecule has 1 spiro atoms. The van der Waals surface area contributed by atoms with Crippen molar-refractivity contribution in [1.82, 2.24) is 0 Å². The van der Waals surface area contributed by atoms with Crippen molar-refractivity contribution in [3.63, 3.8) is 0 Å². The lowest BCUT2D eigenvalue weighted by Gasteiger charge is -2.48. The lowest BCUT2D eigenvalue weighted by atomic mass is 9.73. The van der Waals surface area contributed by atoms with E-state index in [2.05, 4.69) is 0 Å². The monoisotopic (exact) mass is 228 g/mol. The highest BCUT2D eigenvalue weighted by Crippen LogP contribution is 2.51. The molecule has 1 unspecified atom stereocenters. The van der Waals surface area contributed by atoms with Gasteiger partial charge in [-0.3, -0.25) is 0 Å². The molecule has 4 atom stereocenters. The van der Waals surface area contributed by atoms with Crippen LogP contribution in [0.4, 0.5) is 0 Å². The molecule has 0 aromatic heterocycles. The van der Waals surface area contributed by atoms with Crippen LogP contribution in [0.3, 0.4) is 0 Å². The molecule has 0 amide bonds. The highest BCUT2D eigenvalue weighted by molar-refractivity contribution is 4.99. The molecule has 4 heteroatoms. The summed E-state index contributed by atoms with van der Waals surface area (Å²) in [7, 11) is 1.69. The summed E-state index contributed by atoms with van der Waals surface area (Å²) < 4.78 is 11.4. The van der Waals surface area contributed by atoms with Crippen LogP contribution in [0.1, 0.15) is 45.4 Å². The van der Waals surface area contributed by atoms with E-state index in [-0.39, 0.29) is 11.9 Å². The van der Waals surface area contributed by atoms with Gasteiger partial charge in [-0.25, -0.2) is 9.78 Å². The first-order valence-corrected chi connectivity index (χ1v) is 6.26. The van der Waals surface area contributed by atoms with E-state index in [1.54, 1.807) is 7.11 Å². The molecular weight excluding hydrogens is 208 g/mol. The molecule has 0 N–H and O–H groups in total. The maximum absolute atomic E-state index is 5.94. The fourth-order valence-corrected chi connectivity index (χ4v) is 3.38. The van der Waals surface area contributed by atoms with Crippen LogP contribution >= 0.6 is 0 Å². The largest absolute Gasteiger partial charge is 0.353 e. The van der Waals surface area contributed by atoms with Gasteiger partial charge in [0.05, 0.1) is 0 Å². The molecule has 4 aliphatic rings. The third kappa shape index (κ3) is 1.44. The average Bonchev–Trinajstić information content (AvgIpc) is 2.53. The van der Waals surface area contributed by atoms with E-state index in [1.165, 1.54) is 19.3 Å². The summed E-state index contributed by atoms with van der Waals surface area (Å²) in [5.74, 6) is -0.112. The smallest absolute Gasteiger partial charge is 0.201 e. The van der Waals surface area contributed by atoms with E-state index in [0.717, 1.165) is 19.3 Å². The number of rotatable bonds is 1. The Balaban J connectivity index is 1.96. The van der Waals surface area contributed by atoms with E-state index in [4.69, 9.17) is 19.2 Å². The van der Waals surface area contributed by atoms with Gasteiger partial charge < -0.3 is 9.47 Å². The highest BCUT2D eigenvalue weighted by atomic mass is 17.3. The maximum atomic E-state index is 5.94. The zero-order valence-corrected chi connectivity index (χ0v) is 10.0.